The van der Waals surface area contributed by atoms with Crippen molar-refractivity contribution >= 4 is 44.9 Å². The Morgan fingerprint density at radius 3 is 2.85 bits per heavy atom. The van der Waals surface area contributed by atoms with Gasteiger partial charge in [-0.1, -0.05) is 17.8 Å². The van der Waals surface area contributed by atoms with Crippen molar-refractivity contribution in [2.24, 2.45) is 0 Å². The van der Waals surface area contributed by atoms with Gasteiger partial charge in [0.25, 0.3) is 5.56 Å². The van der Waals surface area contributed by atoms with E-state index in [1.165, 1.54) is 23.1 Å². The number of fused-ring (bicyclic) bond motifs is 1. The van der Waals surface area contributed by atoms with Crippen molar-refractivity contribution in [3.63, 3.8) is 0 Å². The van der Waals surface area contributed by atoms with E-state index in [9.17, 15) is 9.59 Å². The van der Waals surface area contributed by atoms with Gasteiger partial charge in [-0.05, 0) is 38.5 Å². The summed E-state index contributed by atoms with van der Waals surface area (Å²) in [5, 5.41) is 4.09. The van der Waals surface area contributed by atoms with E-state index in [4.69, 9.17) is 4.74 Å². The van der Waals surface area contributed by atoms with Gasteiger partial charge in [0.2, 0.25) is 5.91 Å². The Morgan fingerprint density at radius 2 is 2.15 bits per heavy atom. The Hall–Kier alpha value is -2.32. The zero-order chi connectivity index (χ0) is 19.6. The fourth-order valence-electron chi connectivity index (χ4n) is 2.73. The number of hydrogen-bond acceptors (Lipinski definition) is 6. The third kappa shape index (κ3) is 4.01. The molecule has 0 aliphatic carbocycles. The molecule has 0 atom stereocenters. The van der Waals surface area contributed by atoms with Gasteiger partial charge in [-0.3, -0.25) is 14.2 Å². The van der Waals surface area contributed by atoms with Gasteiger partial charge in [0, 0.05) is 23.2 Å². The molecule has 0 saturated heterocycles. The summed E-state index contributed by atoms with van der Waals surface area (Å²) >= 11 is 2.78. The minimum atomic E-state index is -0.163. The van der Waals surface area contributed by atoms with Crippen LogP contribution in [0.25, 0.3) is 10.2 Å². The first-order valence-corrected chi connectivity index (χ1v) is 10.3. The highest BCUT2D eigenvalue weighted by molar-refractivity contribution is 7.99. The third-order valence-electron chi connectivity index (χ3n) is 4.26. The molecule has 0 unspecified atom stereocenters. The molecule has 0 radical (unpaired) electrons. The summed E-state index contributed by atoms with van der Waals surface area (Å²) in [5.41, 5.74) is 1.61. The maximum absolute atomic E-state index is 12.8. The van der Waals surface area contributed by atoms with Crippen LogP contribution in [0.15, 0.2) is 34.2 Å². The molecule has 27 heavy (non-hydrogen) atoms. The van der Waals surface area contributed by atoms with E-state index in [0.29, 0.717) is 28.5 Å². The second-order valence-corrected chi connectivity index (χ2v) is 8.12. The second kappa shape index (κ2) is 8.14. The highest BCUT2D eigenvalue weighted by Crippen LogP contribution is 2.28. The fraction of sp³-hybridized carbons (Fsp3) is 0.316. The average Bonchev–Trinajstić information content (AvgIpc) is 2.94. The minimum Gasteiger partial charge on any atom is -0.497 e. The maximum Gasteiger partial charge on any atom is 0.263 e. The van der Waals surface area contributed by atoms with Crippen molar-refractivity contribution in [3.8, 4) is 5.75 Å². The first-order valence-electron chi connectivity index (χ1n) is 8.51. The molecular formula is C19H21N3O3S2. The van der Waals surface area contributed by atoms with Gasteiger partial charge in [-0.15, -0.1) is 11.3 Å². The number of thiophene rings is 1. The Labute approximate surface area is 165 Å². The van der Waals surface area contributed by atoms with E-state index in [2.05, 4.69) is 10.3 Å². The Bertz CT molecular complexity index is 1060. The largest absolute Gasteiger partial charge is 0.497 e. The summed E-state index contributed by atoms with van der Waals surface area (Å²) in [7, 11) is 1.58. The molecule has 1 N–H and O–H groups in total. The van der Waals surface area contributed by atoms with Gasteiger partial charge in [0.15, 0.2) is 5.16 Å². The molecule has 1 aromatic carbocycles. The first kappa shape index (κ1) is 19.4. The molecule has 2 heterocycles. The van der Waals surface area contributed by atoms with E-state index in [-0.39, 0.29) is 17.2 Å². The van der Waals surface area contributed by atoms with Gasteiger partial charge in [0.05, 0.1) is 18.2 Å². The monoisotopic (exact) mass is 403 g/mol. The molecule has 0 bridgehead atoms. The van der Waals surface area contributed by atoms with Gasteiger partial charge >= 0.3 is 0 Å². The third-order valence-corrected chi connectivity index (χ3v) is 6.33. The van der Waals surface area contributed by atoms with E-state index < -0.39 is 0 Å². The number of nitrogens with zero attached hydrogens (tertiary/aromatic N) is 2. The Morgan fingerprint density at radius 1 is 1.37 bits per heavy atom. The van der Waals surface area contributed by atoms with Crippen LogP contribution in [0.1, 0.15) is 17.4 Å². The summed E-state index contributed by atoms with van der Waals surface area (Å²) in [4.78, 5) is 31.6. The van der Waals surface area contributed by atoms with Crippen molar-refractivity contribution < 1.29 is 9.53 Å². The number of benzene rings is 1. The van der Waals surface area contributed by atoms with Crippen molar-refractivity contribution in [1.29, 1.82) is 0 Å². The number of thioether (sulfide) groups is 1. The normalized spacial score (nSPS) is 11.0. The molecule has 3 rings (SSSR count). The fourth-order valence-corrected chi connectivity index (χ4v) is 4.66. The Kier molecular flexibility index (Phi) is 5.86. The van der Waals surface area contributed by atoms with Crippen LogP contribution in [-0.4, -0.2) is 28.3 Å². The van der Waals surface area contributed by atoms with Crippen LogP contribution in [0.3, 0.4) is 0 Å². The van der Waals surface area contributed by atoms with Crippen LogP contribution in [-0.2, 0) is 11.3 Å². The Balaban J connectivity index is 1.80. The average molecular weight is 404 g/mol. The number of ether oxygens (including phenoxy) is 1. The van der Waals surface area contributed by atoms with Gasteiger partial charge in [-0.25, -0.2) is 4.98 Å². The van der Waals surface area contributed by atoms with Crippen molar-refractivity contribution in [3.05, 3.63) is 45.1 Å². The molecule has 0 fully saturated rings. The SMILES string of the molecule is CCn1c(SCC(=O)Nc2cccc(OC)c2)nc2sc(C)c(C)c2c1=O. The number of hydrogen-bond donors (Lipinski definition) is 1. The molecule has 142 valence electrons. The number of aryl methyl sites for hydroxylation is 2. The summed E-state index contributed by atoms with van der Waals surface area (Å²) in [6.45, 7) is 6.36. The standard InChI is InChI=1S/C19H21N3O3S2/c1-5-22-18(24)16-11(2)12(3)27-17(16)21-19(22)26-10-15(23)20-13-7-6-8-14(9-13)25-4/h6-9H,5,10H2,1-4H3,(H,20,23). The van der Waals surface area contributed by atoms with E-state index >= 15 is 0 Å². The highest BCUT2D eigenvalue weighted by Gasteiger charge is 2.17. The predicted octanol–water partition coefficient (Wildman–Crippen LogP) is 3.83. The molecule has 0 spiro atoms. The van der Waals surface area contributed by atoms with Gasteiger partial charge in [0.1, 0.15) is 10.6 Å². The van der Waals surface area contributed by atoms with Crippen LogP contribution in [0, 0.1) is 13.8 Å². The zero-order valence-corrected chi connectivity index (χ0v) is 17.3. The number of methoxy groups -OCH3 is 1. The predicted molar refractivity (Wildman–Crippen MR) is 111 cm³/mol. The number of carbonyl (C=O) groups is 1. The van der Waals surface area contributed by atoms with Crippen LogP contribution in [0.5, 0.6) is 5.75 Å². The molecule has 6 nitrogen and oxygen atoms in total. The summed E-state index contributed by atoms with van der Waals surface area (Å²) in [6.07, 6.45) is 0. The van der Waals surface area contributed by atoms with Crippen molar-refractivity contribution in [1.82, 2.24) is 9.55 Å². The van der Waals surface area contributed by atoms with Gasteiger partial charge in [-0.2, -0.15) is 0 Å². The lowest BCUT2D eigenvalue weighted by molar-refractivity contribution is -0.113. The second-order valence-electron chi connectivity index (χ2n) is 5.98. The number of anilines is 1. The van der Waals surface area contributed by atoms with E-state index in [1.54, 1.807) is 23.8 Å². The quantitative estimate of drug-likeness (QED) is 0.500. The van der Waals surface area contributed by atoms with Crippen LogP contribution >= 0.6 is 23.1 Å². The zero-order valence-electron chi connectivity index (χ0n) is 15.7. The molecule has 1 amide bonds. The first-order chi connectivity index (χ1) is 12.9. The van der Waals surface area contributed by atoms with E-state index in [0.717, 1.165) is 15.3 Å². The van der Waals surface area contributed by atoms with Crippen LogP contribution in [0.2, 0.25) is 0 Å². The summed E-state index contributed by atoms with van der Waals surface area (Å²) in [6, 6.07) is 7.18. The number of rotatable bonds is 6. The lowest BCUT2D eigenvalue weighted by Gasteiger charge is -2.10. The smallest absolute Gasteiger partial charge is 0.263 e. The number of aromatic nitrogens is 2. The van der Waals surface area contributed by atoms with Crippen molar-refractivity contribution in [2.45, 2.75) is 32.5 Å². The van der Waals surface area contributed by atoms with Crippen molar-refractivity contribution in [2.75, 3.05) is 18.2 Å². The molecule has 0 saturated carbocycles. The number of nitrogens with one attached hydrogen (secondary N) is 1. The molecule has 8 heteroatoms. The summed E-state index contributed by atoms with van der Waals surface area (Å²) in [5.74, 6) is 0.679. The number of amides is 1. The van der Waals surface area contributed by atoms with Crippen LogP contribution in [0.4, 0.5) is 5.69 Å². The van der Waals surface area contributed by atoms with E-state index in [1.807, 2.05) is 32.9 Å². The lowest BCUT2D eigenvalue weighted by atomic mass is 10.2. The molecule has 3 aromatic rings. The van der Waals surface area contributed by atoms with Gasteiger partial charge < -0.3 is 10.1 Å². The van der Waals surface area contributed by atoms with Crippen LogP contribution < -0.4 is 15.6 Å². The molecule has 0 aliphatic rings. The highest BCUT2D eigenvalue weighted by atomic mass is 32.2. The molecule has 2 aromatic heterocycles. The minimum absolute atomic E-state index is 0.0416. The molecule has 0 aliphatic heterocycles. The summed E-state index contributed by atoms with van der Waals surface area (Å²) < 4.78 is 6.79. The lowest BCUT2D eigenvalue weighted by Crippen LogP contribution is -2.23. The molecular weight excluding hydrogens is 382 g/mol. The number of carbonyl (C=O) groups excluding carboxylic acids is 1. The topological polar surface area (TPSA) is 73.2 Å². The maximum atomic E-state index is 12.8.